The van der Waals surface area contributed by atoms with Crippen molar-refractivity contribution in [2.24, 2.45) is 0 Å². The predicted molar refractivity (Wildman–Crippen MR) is 132 cm³/mol. The van der Waals surface area contributed by atoms with E-state index in [1.54, 1.807) is 59.5 Å². The first-order chi connectivity index (χ1) is 17.5. The quantitative estimate of drug-likeness (QED) is 0.365. The van der Waals surface area contributed by atoms with Crippen molar-refractivity contribution in [1.29, 1.82) is 0 Å². The van der Waals surface area contributed by atoms with E-state index in [1.807, 2.05) is 31.2 Å². The molecule has 2 N–H and O–H groups in total. The molecule has 10 heteroatoms. The lowest BCUT2D eigenvalue weighted by Crippen LogP contribution is -2.32. The Morgan fingerprint density at radius 3 is 2.36 bits per heavy atom. The first kappa shape index (κ1) is 22.7. The van der Waals surface area contributed by atoms with Crippen molar-refractivity contribution in [1.82, 2.24) is 30.3 Å². The Hall–Kier alpha value is -5.12. The Labute approximate surface area is 206 Å². The number of rotatable bonds is 7. The van der Waals surface area contributed by atoms with Gasteiger partial charge in [-0.3, -0.25) is 9.59 Å². The zero-order chi connectivity index (χ0) is 24.9. The van der Waals surface area contributed by atoms with Crippen LogP contribution in [0.1, 0.15) is 15.9 Å². The van der Waals surface area contributed by atoms with Crippen molar-refractivity contribution < 1.29 is 14.0 Å². The molecule has 2 aromatic heterocycles. The fraction of sp³-hybridized carbons (Fsp3) is 0.0769. The average Bonchev–Trinajstić information content (AvgIpc) is 3.61. The molecule has 0 radical (unpaired) electrons. The zero-order valence-corrected chi connectivity index (χ0v) is 19.3. The second-order valence-corrected chi connectivity index (χ2v) is 7.98. The highest BCUT2D eigenvalue weighted by Crippen LogP contribution is 2.24. The van der Waals surface area contributed by atoms with Crippen LogP contribution in [0, 0.1) is 6.92 Å². The van der Waals surface area contributed by atoms with Gasteiger partial charge in [-0.1, -0.05) is 17.7 Å². The summed E-state index contributed by atoms with van der Waals surface area (Å²) in [6.07, 6.45) is 3.03. The van der Waals surface area contributed by atoms with Gasteiger partial charge in [0.2, 0.25) is 17.7 Å². The maximum absolute atomic E-state index is 12.5. The fourth-order valence-corrected chi connectivity index (χ4v) is 3.51. The molecule has 0 spiro atoms. The normalized spacial score (nSPS) is 10.7. The van der Waals surface area contributed by atoms with E-state index in [-0.39, 0.29) is 18.4 Å². The highest BCUT2D eigenvalue weighted by Gasteiger charge is 2.13. The van der Waals surface area contributed by atoms with Crippen LogP contribution in [0.2, 0.25) is 0 Å². The van der Waals surface area contributed by atoms with Gasteiger partial charge in [-0.05, 0) is 67.6 Å². The summed E-state index contributed by atoms with van der Waals surface area (Å²) in [5, 5.41) is 17.6. The molecule has 2 heterocycles. The number of nitrogens with zero attached hydrogens (tertiary/aromatic N) is 5. The van der Waals surface area contributed by atoms with Crippen LogP contribution < -0.4 is 10.6 Å². The summed E-state index contributed by atoms with van der Waals surface area (Å²) in [6.45, 7) is 1.82. The molecular weight excluding hydrogens is 458 g/mol. The van der Waals surface area contributed by atoms with Crippen LogP contribution in [0.5, 0.6) is 0 Å². The van der Waals surface area contributed by atoms with Crippen LogP contribution in [0.15, 0.2) is 89.9 Å². The van der Waals surface area contributed by atoms with E-state index in [4.69, 9.17) is 4.42 Å². The number of nitrogens with one attached hydrogen (secondary N) is 2. The Kier molecular flexibility index (Phi) is 6.31. The number of anilines is 1. The molecule has 0 fully saturated rings. The monoisotopic (exact) mass is 479 g/mol. The number of hydrogen-bond acceptors (Lipinski definition) is 7. The van der Waals surface area contributed by atoms with E-state index in [1.165, 1.54) is 6.33 Å². The van der Waals surface area contributed by atoms with Gasteiger partial charge in [-0.25, -0.2) is 9.67 Å². The minimum Gasteiger partial charge on any atom is -0.416 e. The molecule has 36 heavy (non-hydrogen) atoms. The van der Waals surface area contributed by atoms with Crippen molar-refractivity contribution in [3.8, 4) is 28.6 Å². The van der Waals surface area contributed by atoms with Crippen molar-refractivity contribution in [3.63, 3.8) is 0 Å². The van der Waals surface area contributed by atoms with E-state index < -0.39 is 0 Å². The van der Waals surface area contributed by atoms with Crippen LogP contribution in [-0.4, -0.2) is 43.3 Å². The second kappa shape index (κ2) is 10.0. The lowest BCUT2D eigenvalue weighted by molar-refractivity contribution is -0.115. The lowest BCUT2D eigenvalue weighted by atomic mass is 10.1. The molecule has 0 aliphatic heterocycles. The van der Waals surface area contributed by atoms with Gasteiger partial charge in [0.15, 0.2) is 0 Å². The van der Waals surface area contributed by atoms with Crippen LogP contribution in [0.4, 0.5) is 5.69 Å². The third-order valence-electron chi connectivity index (χ3n) is 5.33. The predicted octanol–water partition coefficient (Wildman–Crippen LogP) is 3.66. The minimum atomic E-state index is -0.371. The largest absolute Gasteiger partial charge is 0.416 e. The molecule has 5 aromatic rings. The van der Waals surface area contributed by atoms with Crippen molar-refractivity contribution in [2.45, 2.75) is 6.92 Å². The number of amides is 2. The van der Waals surface area contributed by atoms with Gasteiger partial charge >= 0.3 is 0 Å². The molecule has 0 aliphatic carbocycles. The summed E-state index contributed by atoms with van der Waals surface area (Å²) >= 11 is 0. The highest BCUT2D eigenvalue weighted by molar-refractivity contribution is 5.99. The summed E-state index contributed by atoms with van der Waals surface area (Å²) in [5.41, 5.74) is 4.44. The third-order valence-corrected chi connectivity index (χ3v) is 5.33. The van der Waals surface area contributed by atoms with Gasteiger partial charge in [-0.15, -0.1) is 10.2 Å². The molecule has 2 amide bonds. The smallest absolute Gasteiger partial charge is 0.251 e. The topological polar surface area (TPSA) is 128 Å². The van der Waals surface area contributed by atoms with Gasteiger partial charge in [0.1, 0.15) is 12.7 Å². The van der Waals surface area contributed by atoms with Gasteiger partial charge < -0.3 is 15.1 Å². The van der Waals surface area contributed by atoms with Gasteiger partial charge in [-0.2, -0.15) is 5.10 Å². The maximum Gasteiger partial charge on any atom is 0.251 e. The third kappa shape index (κ3) is 5.17. The summed E-state index contributed by atoms with van der Waals surface area (Å²) in [5.74, 6) is 0.0643. The average molecular weight is 480 g/mol. The molecule has 5 rings (SSSR count). The number of carbonyl (C=O) groups is 2. The highest BCUT2D eigenvalue weighted by atomic mass is 16.4. The van der Waals surface area contributed by atoms with Crippen molar-refractivity contribution >= 4 is 17.5 Å². The Balaban J connectivity index is 1.15. The zero-order valence-electron chi connectivity index (χ0n) is 19.3. The molecule has 178 valence electrons. The van der Waals surface area contributed by atoms with E-state index in [0.717, 1.165) is 16.8 Å². The Morgan fingerprint density at radius 1 is 0.917 bits per heavy atom. The van der Waals surface area contributed by atoms with Crippen LogP contribution in [0.3, 0.4) is 0 Å². The number of aryl methyl sites for hydroxylation is 1. The summed E-state index contributed by atoms with van der Waals surface area (Å²) in [4.78, 5) is 28.7. The van der Waals surface area contributed by atoms with Gasteiger partial charge in [0.25, 0.3) is 5.91 Å². The summed E-state index contributed by atoms with van der Waals surface area (Å²) in [6, 6.07) is 21.6. The van der Waals surface area contributed by atoms with Crippen LogP contribution in [-0.2, 0) is 4.79 Å². The van der Waals surface area contributed by atoms with Gasteiger partial charge in [0.05, 0.1) is 12.2 Å². The standard InChI is InChI=1S/C26H21N7O3/c1-17-3-2-4-20(13-17)26-32-31-25(36-26)19-7-5-18(6-8-19)24(35)28-14-23(34)30-21-9-11-22(12-10-21)33-16-27-15-29-33/h2-13,15-16H,14H2,1H3,(H,28,35)(H,30,34). The van der Waals surface area contributed by atoms with E-state index in [2.05, 4.69) is 30.9 Å². The first-order valence-corrected chi connectivity index (χ1v) is 11.1. The molecule has 0 bridgehead atoms. The van der Waals surface area contributed by atoms with Crippen LogP contribution in [0.25, 0.3) is 28.6 Å². The summed E-state index contributed by atoms with van der Waals surface area (Å²) in [7, 11) is 0. The van der Waals surface area contributed by atoms with Gasteiger partial charge in [0, 0.05) is 22.4 Å². The second-order valence-electron chi connectivity index (χ2n) is 7.98. The molecular formula is C26H21N7O3. The van der Waals surface area contributed by atoms with E-state index in [0.29, 0.717) is 28.6 Å². The first-order valence-electron chi connectivity index (χ1n) is 11.1. The SMILES string of the molecule is Cc1cccc(-c2nnc(-c3ccc(C(=O)NCC(=O)Nc4ccc(-n5cncn5)cc4)cc3)o2)c1. The molecule has 0 aliphatic rings. The number of carbonyl (C=O) groups excluding carboxylic acids is 2. The van der Waals surface area contributed by atoms with Crippen molar-refractivity contribution in [2.75, 3.05) is 11.9 Å². The van der Waals surface area contributed by atoms with E-state index >= 15 is 0 Å². The lowest BCUT2D eigenvalue weighted by Gasteiger charge is -2.08. The number of benzene rings is 3. The molecule has 0 unspecified atom stereocenters. The molecule has 0 saturated carbocycles. The Bertz CT molecular complexity index is 1490. The molecule has 3 aromatic carbocycles. The van der Waals surface area contributed by atoms with Crippen LogP contribution >= 0.6 is 0 Å². The minimum absolute atomic E-state index is 0.172. The Morgan fingerprint density at radius 2 is 1.67 bits per heavy atom. The molecule has 10 nitrogen and oxygen atoms in total. The number of aromatic nitrogens is 5. The molecule has 0 saturated heterocycles. The molecule has 0 atom stereocenters. The van der Waals surface area contributed by atoms with Crippen molar-refractivity contribution in [3.05, 3.63) is 96.6 Å². The van der Waals surface area contributed by atoms with E-state index in [9.17, 15) is 9.59 Å². The summed E-state index contributed by atoms with van der Waals surface area (Å²) < 4.78 is 7.40. The fourth-order valence-electron chi connectivity index (χ4n) is 3.51. The number of hydrogen-bond donors (Lipinski definition) is 2. The maximum atomic E-state index is 12.5.